The Hall–Kier alpha value is -2.45. The van der Waals surface area contributed by atoms with Crippen LogP contribution >= 0.6 is 23.1 Å². The Kier molecular flexibility index (Phi) is 4.60. The average Bonchev–Trinajstić information content (AvgIpc) is 3.23. The van der Waals surface area contributed by atoms with E-state index in [0.29, 0.717) is 23.2 Å². The summed E-state index contributed by atoms with van der Waals surface area (Å²) in [6.45, 7) is 3.94. The van der Waals surface area contributed by atoms with Crippen LogP contribution in [-0.4, -0.2) is 19.5 Å². The zero-order chi connectivity index (χ0) is 18.1. The molecule has 0 saturated carbocycles. The van der Waals surface area contributed by atoms with Crippen LogP contribution in [0.25, 0.3) is 16.3 Å². The van der Waals surface area contributed by atoms with E-state index in [0.717, 1.165) is 21.9 Å². The van der Waals surface area contributed by atoms with Crippen LogP contribution in [0.4, 0.5) is 0 Å². The van der Waals surface area contributed by atoms with Crippen molar-refractivity contribution in [3.63, 3.8) is 0 Å². The average molecular weight is 384 g/mol. The fourth-order valence-corrected chi connectivity index (χ4v) is 4.19. The molecule has 3 heterocycles. The zero-order valence-corrected chi connectivity index (χ0v) is 15.9. The van der Waals surface area contributed by atoms with Crippen molar-refractivity contribution in [2.24, 2.45) is 0 Å². The van der Waals surface area contributed by atoms with Crippen molar-refractivity contribution >= 4 is 28.1 Å². The quantitative estimate of drug-likeness (QED) is 0.520. The van der Waals surface area contributed by atoms with Gasteiger partial charge in [-0.3, -0.25) is 9.20 Å². The van der Waals surface area contributed by atoms with Gasteiger partial charge >= 0.3 is 0 Å². The van der Waals surface area contributed by atoms with Crippen molar-refractivity contribution in [2.45, 2.75) is 25.4 Å². The lowest BCUT2D eigenvalue weighted by Gasteiger charge is -2.00. The molecule has 0 aliphatic heterocycles. The molecule has 0 saturated heterocycles. The van der Waals surface area contributed by atoms with E-state index in [1.165, 1.54) is 16.9 Å². The van der Waals surface area contributed by atoms with E-state index in [9.17, 15) is 4.79 Å². The van der Waals surface area contributed by atoms with Gasteiger partial charge in [-0.05, 0) is 13.8 Å². The Morgan fingerprint density at radius 2 is 1.96 bits per heavy atom. The molecule has 0 aliphatic carbocycles. The van der Waals surface area contributed by atoms with E-state index in [2.05, 4.69) is 15.1 Å². The van der Waals surface area contributed by atoms with Crippen LogP contribution in [0.1, 0.15) is 22.8 Å². The minimum Gasteiger partial charge on any atom is -0.338 e. The molecule has 0 bridgehead atoms. The lowest BCUT2D eigenvalue weighted by Crippen LogP contribution is -2.14. The van der Waals surface area contributed by atoms with Crippen molar-refractivity contribution in [2.75, 3.05) is 0 Å². The molecule has 26 heavy (non-hydrogen) atoms. The first-order valence-electron chi connectivity index (χ1n) is 8.04. The highest BCUT2D eigenvalue weighted by atomic mass is 32.2. The number of thiazole rings is 1. The molecule has 6 nitrogen and oxygen atoms in total. The monoisotopic (exact) mass is 384 g/mol. The number of hydrogen-bond acceptors (Lipinski definition) is 7. The predicted molar refractivity (Wildman–Crippen MR) is 104 cm³/mol. The van der Waals surface area contributed by atoms with E-state index in [-0.39, 0.29) is 5.56 Å². The van der Waals surface area contributed by atoms with Gasteiger partial charge in [0.25, 0.3) is 5.56 Å². The van der Waals surface area contributed by atoms with Gasteiger partial charge in [0.1, 0.15) is 0 Å². The second-order valence-electron chi connectivity index (χ2n) is 5.95. The second-order valence-corrected chi connectivity index (χ2v) is 7.77. The van der Waals surface area contributed by atoms with Gasteiger partial charge in [-0.1, -0.05) is 35.0 Å². The van der Waals surface area contributed by atoms with Crippen molar-refractivity contribution in [3.8, 4) is 11.4 Å². The number of aryl methyl sites for hydroxylation is 2. The Balaban J connectivity index is 1.42. The molecule has 8 heteroatoms. The summed E-state index contributed by atoms with van der Waals surface area (Å²) in [5.74, 6) is 2.34. The van der Waals surface area contributed by atoms with Crippen LogP contribution in [0.3, 0.4) is 0 Å². The van der Waals surface area contributed by atoms with Gasteiger partial charge in [0.2, 0.25) is 11.7 Å². The first kappa shape index (κ1) is 17.0. The van der Waals surface area contributed by atoms with Crippen LogP contribution < -0.4 is 5.56 Å². The SMILES string of the molecule is Cc1ccc(-c2noc(CSCc3cc(=O)n4c(C)csc4n3)n2)cc1. The molecule has 1 aromatic carbocycles. The summed E-state index contributed by atoms with van der Waals surface area (Å²) in [5, 5.41) is 5.97. The number of nitrogens with zero attached hydrogens (tertiary/aromatic N) is 4. The van der Waals surface area contributed by atoms with Gasteiger partial charge in [-0.2, -0.15) is 4.98 Å². The normalized spacial score (nSPS) is 11.3. The zero-order valence-electron chi connectivity index (χ0n) is 14.3. The van der Waals surface area contributed by atoms with Crippen molar-refractivity contribution in [1.82, 2.24) is 19.5 Å². The Labute approximate surface area is 157 Å². The number of fused-ring (bicyclic) bond motifs is 1. The number of rotatable bonds is 5. The lowest BCUT2D eigenvalue weighted by atomic mass is 10.1. The van der Waals surface area contributed by atoms with E-state index in [1.807, 2.05) is 43.5 Å². The highest BCUT2D eigenvalue weighted by molar-refractivity contribution is 7.97. The third-order valence-electron chi connectivity index (χ3n) is 3.88. The topological polar surface area (TPSA) is 73.3 Å². The standard InChI is InChI=1S/C18H16N4O2S2/c1-11-3-5-13(6-4-11)17-20-15(24-21-17)10-25-9-14-7-16(23)22-12(2)8-26-18(22)19-14/h3-8H,9-10H2,1-2H3. The highest BCUT2D eigenvalue weighted by Crippen LogP contribution is 2.20. The summed E-state index contributed by atoms with van der Waals surface area (Å²) in [6, 6.07) is 9.59. The molecule has 0 amide bonds. The van der Waals surface area contributed by atoms with Gasteiger partial charge < -0.3 is 4.52 Å². The molecule has 4 rings (SSSR count). The summed E-state index contributed by atoms with van der Waals surface area (Å²) in [7, 11) is 0. The summed E-state index contributed by atoms with van der Waals surface area (Å²) in [4.78, 5) is 21.9. The minimum atomic E-state index is -0.0382. The van der Waals surface area contributed by atoms with Crippen LogP contribution in [0.2, 0.25) is 0 Å². The van der Waals surface area contributed by atoms with E-state index in [1.54, 1.807) is 22.2 Å². The van der Waals surface area contributed by atoms with Gasteiger partial charge in [0.05, 0.1) is 11.4 Å². The number of hydrogen-bond donors (Lipinski definition) is 0. The Bertz CT molecular complexity index is 1110. The fraction of sp³-hybridized carbons (Fsp3) is 0.222. The lowest BCUT2D eigenvalue weighted by molar-refractivity contribution is 0.391. The Morgan fingerprint density at radius 3 is 2.77 bits per heavy atom. The van der Waals surface area contributed by atoms with Crippen LogP contribution in [0.5, 0.6) is 0 Å². The van der Waals surface area contributed by atoms with Crippen LogP contribution in [-0.2, 0) is 11.5 Å². The summed E-state index contributed by atoms with van der Waals surface area (Å²) in [6.07, 6.45) is 0. The van der Waals surface area contributed by atoms with Gasteiger partial charge in [0, 0.05) is 28.5 Å². The number of aromatic nitrogens is 4. The molecule has 0 aliphatic rings. The summed E-state index contributed by atoms with van der Waals surface area (Å²) in [5.41, 5.74) is 3.76. The number of thioether (sulfide) groups is 1. The molecular weight excluding hydrogens is 368 g/mol. The maximum Gasteiger partial charge on any atom is 0.258 e. The maximum atomic E-state index is 12.2. The summed E-state index contributed by atoms with van der Waals surface area (Å²) >= 11 is 3.07. The first-order valence-corrected chi connectivity index (χ1v) is 10.1. The van der Waals surface area contributed by atoms with Crippen molar-refractivity contribution in [3.05, 3.63) is 68.9 Å². The van der Waals surface area contributed by atoms with Crippen LogP contribution in [0, 0.1) is 13.8 Å². The predicted octanol–water partition coefficient (Wildman–Crippen LogP) is 3.86. The summed E-state index contributed by atoms with van der Waals surface area (Å²) < 4.78 is 6.95. The molecule has 0 fully saturated rings. The third kappa shape index (κ3) is 3.42. The second kappa shape index (κ2) is 7.05. The van der Waals surface area contributed by atoms with Crippen molar-refractivity contribution < 1.29 is 4.52 Å². The first-order chi connectivity index (χ1) is 12.6. The molecule has 0 atom stereocenters. The molecule has 0 unspecified atom stereocenters. The van der Waals surface area contributed by atoms with E-state index >= 15 is 0 Å². The van der Waals surface area contributed by atoms with Crippen molar-refractivity contribution in [1.29, 1.82) is 0 Å². The third-order valence-corrected chi connectivity index (χ3v) is 5.78. The number of benzene rings is 1. The molecule has 3 aromatic heterocycles. The van der Waals surface area contributed by atoms with E-state index in [4.69, 9.17) is 4.52 Å². The molecular formula is C18H16N4O2S2. The van der Waals surface area contributed by atoms with Gasteiger partial charge in [-0.15, -0.1) is 23.1 Å². The Morgan fingerprint density at radius 1 is 1.15 bits per heavy atom. The van der Waals surface area contributed by atoms with E-state index < -0.39 is 0 Å². The highest BCUT2D eigenvalue weighted by Gasteiger charge is 2.10. The molecule has 4 aromatic rings. The smallest absolute Gasteiger partial charge is 0.258 e. The molecule has 0 spiro atoms. The fourth-order valence-electron chi connectivity index (χ4n) is 2.55. The molecule has 0 N–H and O–H groups in total. The maximum absolute atomic E-state index is 12.2. The molecule has 0 radical (unpaired) electrons. The van der Waals surface area contributed by atoms with Crippen LogP contribution in [0.15, 0.2) is 45.0 Å². The largest absolute Gasteiger partial charge is 0.338 e. The van der Waals surface area contributed by atoms with Gasteiger partial charge in [-0.25, -0.2) is 4.98 Å². The minimum absolute atomic E-state index is 0.0382. The molecule has 132 valence electrons. The van der Waals surface area contributed by atoms with Gasteiger partial charge in [0.15, 0.2) is 4.96 Å².